The van der Waals surface area contributed by atoms with Crippen molar-refractivity contribution in [2.75, 3.05) is 32.6 Å². The molecule has 0 bridgehead atoms. The Balaban J connectivity index is 0.000000547. The van der Waals surface area contributed by atoms with E-state index in [0.29, 0.717) is 11.3 Å². The van der Waals surface area contributed by atoms with Gasteiger partial charge in [-0.25, -0.2) is 0 Å². The fourth-order valence-electron chi connectivity index (χ4n) is 2.07. The van der Waals surface area contributed by atoms with Crippen LogP contribution in [0.15, 0.2) is 29.8 Å². The van der Waals surface area contributed by atoms with Gasteiger partial charge in [0.1, 0.15) is 0 Å². The molecule has 1 aromatic rings. The number of rotatable bonds is 10. The highest BCUT2D eigenvalue weighted by Gasteiger charge is 2.08. The normalized spacial score (nSPS) is 10.3. The van der Waals surface area contributed by atoms with Gasteiger partial charge in [0.25, 0.3) is 0 Å². The summed E-state index contributed by atoms with van der Waals surface area (Å²) in [5.41, 5.74) is 4.09. The molecule has 0 amide bonds. The van der Waals surface area contributed by atoms with Crippen molar-refractivity contribution in [3.63, 3.8) is 0 Å². The lowest BCUT2D eigenvalue weighted by Gasteiger charge is -2.11. The molecule has 4 nitrogen and oxygen atoms in total. The van der Waals surface area contributed by atoms with Crippen LogP contribution in [0.1, 0.15) is 50.7 Å². The van der Waals surface area contributed by atoms with E-state index in [0.717, 1.165) is 30.0 Å². The average molecular weight is 346 g/mol. The van der Waals surface area contributed by atoms with Crippen LogP contribution in [0, 0.1) is 12.3 Å². The third kappa shape index (κ3) is 9.82. The van der Waals surface area contributed by atoms with Crippen LogP contribution < -0.4 is 5.32 Å². The Morgan fingerprint density at radius 1 is 1.24 bits per heavy atom. The molecular weight excluding hydrogens is 310 g/mol. The predicted molar refractivity (Wildman–Crippen MR) is 113 cm³/mol. The first-order chi connectivity index (χ1) is 12.0. The van der Waals surface area contributed by atoms with Gasteiger partial charge < -0.3 is 10.1 Å². The number of aliphatic imine (C=N–C) groups is 1. The zero-order chi connectivity index (χ0) is 19.1. The van der Waals surface area contributed by atoms with Gasteiger partial charge >= 0.3 is 0 Å². The van der Waals surface area contributed by atoms with Crippen molar-refractivity contribution < 1.29 is 4.74 Å². The molecule has 0 atom stereocenters. The number of aryl methyl sites for hydroxylation is 1. The lowest BCUT2D eigenvalue weighted by atomic mass is 9.99. The maximum absolute atomic E-state index is 7.80. The Morgan fingerprint density at radius 3 is 2.32 bits per heavy atom. The summed E-state index contributed by atoms with van der Waals surface area (Å²) in [5.74, 6) is 0. The van der Waals surface area contributed by atoms with E-state index >= 15 is 0 Å². The van der Waals surface area contributed by atoms with Gasteiger partial charge in [-0.05, 0) is 31.9 Å². The largest absolute Gasteiger partial charge is 0.388 e. The summed E-state index contributed by atoms with van der Waals surface area (Å²) in [4.78, 5) is 3.83. The number of ether oxygens (including phenoxy) is 1. The van der Waals surface area contributed by atoms with Crippen LogP contribution in [-0.2, 0) is 4.74 Å². The molecule has 0 aromatic heterocycles. The van der Waals surface area contributed by atoms with Gasteiger partial charge in [0.15, 0.2) is 0 Å². The van der Waals surface area contributed by atoms with Gasteiger partial charge in [-0.3, -0.25) is 10.4 Å². The second kappa shape index (κ2) is 14.4. The number of benzene rings is 1. The van der Waals surface area contributed by atoms with Crippen LogP contribution in [0.25, 0.3) is 5.57 Å². The van der Waals surface area contributed by atoms with Gasteiger partial charge in [-0.1, -0.05) is 44.9 Å². The second-order valence-electron chi connectivity index (χ2n) is 5.90. The van der Waals surface area contributed by atoms with Crippen LogP contribution in [0.5, 0.6) is 0 Å². The minimum absolute atomic E-state index is 0.338. The first-order valence-corrected chi connectivity index (χ1v) is 9.08. The van der Waals surface area contributed by atoms with Gasteiger partial charge in [0.2, 0.25) is 0 Å². The van der Waals surface area contributed by atoms with E-state index < -0.39 is 0 Å². The number of hydrogen-bond donors (Lipinski definition) is 2. The maximum atomic E-state index is 7.80. The van der Waals surface area contributed by atoms with Gasteiger partial charge in [-0.2, -0.15) is 0 Å². The third-order valence-electron chi connectivity index (χ3n) is 3.64. The Bertz CT molecular complexity index is 544. The van der Waals surface area contributed by atoms with Crippen LogP contribution >= 0.6 is 0 Å². The first-order valence-electron chi connectivity index (χ1n) is 9.08. The lowest BCUT2D eigenvalue weighted by molar-refractivity contribution is 0.128. The van der Waals surface area contributed by atoms with Gasteiger partial charge in [0, 0.05) is 50.3 Å². The summed E-state index contributed by atoms with van der Waals surface area (Å²) >= 11 is 0. The SMILES string of the molecule is C=C(C(=N)C=NC)c1cc(C)ccc1NC.CCCCOCCCC. The fourth-order valence-corrected chi connectivity index (χ4v) is 2.07. The summed E-state index contributed by atoms with van der Waals surface area (Å²) in [6.07, 6.45) is 6.41. The Morgan fingerprint density at radius 2 is 1.84 bits per heavy atom. The van der Waals surface area contributed by atoms with Gasteiger partial charge in [0.05, 0.1) is 5.71 Å². The van der Waals surface area contributed by atoms with E-state index in [4.69, 9.17) is 10.1 Å². The highest BCUT2D eigenvalue weighted by molar-refractivity contribution is 6.49. The van der Waals surface area contributed by atoms with Crippen molar-refractivity contribution in [3.8, 4) is 0 Å². The summed E-state index contributed by atoms with van der Waals surface area (Å²) in [6, 6.07) is 6.04. The topological polar surface area (TPSA) is 57.5 Å². The molecule has 2 N–H and O–H groups in total. The predicted octanol–water partition coefficient (Wildman–Crippen LogP) is 5.37. The molecule has 25 heavy (non-hydrogen) atoms. The summed E-state index contributed by atoms with van der Waals surface area (Å²) < 4.78 is 5.31. The van der Waals surface area contributed by atoms with E-state index in [1.807, 2.05) is 32.2 Å². The molecule has 0 aliphatic heterocycles. The Kier molecular flexibility index (Phi) is 13.3. The lowest BCUT2D eigenvalue weighted by Crippen LogP contribution is -2.04. The maximum Gasteiger partial charge on any atom is 0.0791 e. The zero-order valence-electron chi connectivity index (χ0n) is 16.6. The molecule has 0 heterocycles. The molecule has 0 saturated heterocycles. The minimum atomic E-state index is 0.338. The summed E-state index contributed by atoms with van der Waals surface area (Å²) in [6.45, 7) is 12.2. The van der Waals surface area contributed by atoms with E-state index in [1.165, 1.54) is 31.9 Å². The minimum Gasteiger partial charge on any atom is -0.388 e. The van der Waals surface area contributed by atoms with Crippen molar-refractivity contribution >= 4 is 23.2 Å². The van der Waals surface area contributed by atoms with Crippen LogP contribution in [0.2, 0.25) is 0 Å². The molecule has 4 heteroatoms. The average Bonchev–Trinajstić information content (AvgIpc) is 2.61. The number of nitrogens with zero attached hydrogens (tertiary/aromatic N) is 1. The van der Waals surface area contributed by atoms with Crippen molar-refractivity contribution in [1.29, 1.82) is 5.41 Å². The van der Waals surface area contributed by atoms with Crippen molar-refractivity contribution in [2.45, 2.75) is 46.5 Å². The Labute approximate surface area is 153 Å². The number of unbranched alkanes of at least 4 members (excludes halogenated alkanes) is 2. The molecule has 140 valence electrons. The zero-order valence-corrected chi connectivity index (χ0v) is 16.6. The highest BCUT2D eigenvalue weighted by Crippen LogP contribution is 2.24. The van der Waals surface area contributed by atoms with Gasteiger partial charge in [-0.15, -0.1) is 0 Å². The molecular formula is C21H35N3O. The Hall–Kier alpha value is -1.94. The van der Waals surface area contributed by atoms with Crippen molar-refractivity contribution in [2.24, 2.45) is 4.99 Å². The molecule has 0 radical (unpaired) electrons. The standard InChI is InChI=1S/C13H17N3.C8H18O/c1-9-5-6-13(16-4)11(7-9)10(2)12(14)8-15-3;1-3-5-7-9-8-6-4-2/h5-8,14,16H,2H2,1,3-4H3;3-8H2,1-2H3. The first kappa shape index (κ1) is 23.1. The van der Waals surface area contributed by atoms with E-state index in [1.54, 1.807) is 7.05 Å². The number of nitrogens with one attached hydrogen (secondary N) is 2. The molecule has 0 fully saturated rings. The van der Waals surface area contributed by atoms with E-state index in [9.17, 15) is 0 Å². The van der Waals surface area contributed by atoms with Crippen LogP contribution in [0.3, 0.4) is 0 Å². The molecule has 0 aliphatic carbocycles. The smallest absolute Gasteiger partial charge is 0.0791 e. The quantitative estimate of drug-likeness (QED) is 0.442. The monoisotopic (exact) mass is 345 g/mol. The van der Waals surface area contributed by atoms with E-state index in [-0.39, 0.29) is 0 Å². The molecule has 0 saturated carbocycles. The molecule has 0 spiro atoms. The third-order valence-corrected chi connectivity index (χ3v) is 3.64. The summed E-state index contributed by atoms with van der Waals surface area (Å²) in [7, 11) is 3.51. The van der Waals surface area contributed by atoms with Crippen molar-refractivity contribution in [1.82, 2.24) is 0 Å². The second-order valence-corrected chi connectivity index (χ2v) is 5.90. The summed E-state index contributed by atoms with van der Waals surface area (Å²) in [5, 5.41) is 10.9. The molecule has 0 aliphatic rings. The number of anilines is 1. The molecule has 1 rings (SSSR count). The number of allylic oxidation sites excluding steroid dienone is 1. The fraction of sp³-hybridized carbons (Fsp3) is 0.524. The van der Waals surface area contributed by atoms with Crippen LogP contribution in [0.4, 0.5) is 5.69 Å². The van der Waals surface area contributed by atoms with E-state index in [2.05, 4.69) is 30.7 Å². The number of hydrogen-bond acceptors (Lipinski definition) is 4. The van der Waals surface area contributed by atoms with Crippen molar-refractivity contribution in [3.05, 3.63) is 35.9 Å². The highest BCUT2D eigenvalue weighted by atomic mass is 16.5. The van der Waals surface area contributed by atoms with Crippen LogP contribution in [-0.4, -0.2) is 39.2 Å². The molecule has 0 unspecified atom stereocenters. The molecule has 1 aromatic carbocycles.